The number of thioether (sulfide) groups is 2. The van der Waals surface area contributed by atoms with Gasteiger partial charge in [-0.05, 0) is 12.2 Å². The van der Waals surface area contributed by atoms with Gasteiger partial charge >= 0.3 is 5.97 Å². The molecule has 1 saturated heterocycles. The number of carboxylic acids is 1. The summed E-state index contributed by atoms with van der Waals surface area (Å²) in [6.07, 6.45) is 2.81. The SMILES string of the molecule is O=C(O)CSc1nncn1C1CCSC1. The molecule has 1 aromatic heterocycles. The van der Waals surface area contributed by atoms with Crippen molar-refractivity contribution in [2.75, 3.05) is 17.3 Å². The zero-order chi connectivity index (χ0) is 10.7. The van der Waals surface area contributed by atoms with E-state index in [1.165, 1.54) is 11.8 Å². The number of aliphatic carboxylic acids is 1. The van der Waals surface area contributed by atoms with E-state index in [4.69, 9.17) is 5.11 Å². The molecule has 0 amide bonds. The van der Waals surface area contributed by atoms with Crippen LogP contribution in [0.25, 0.3) is 0 Å². The predicted molar refractivity (Wildman–Crippen MR) is 59.4 cm³/mol. The Kier molecular flexibility index (Phi) is 3.53. The lowest BCUT2D eigenvalue weighted by Gasteiger charge is -2.11. The van der Waals surface area contributed by atoms with E-state index in [-0.39, 0.29) is 5.75 Å². The molecule has 0 radical (unpaired) electrons. The molecule has 1 aliphatic rings. The summed E-state index contributed by atoms with van der Waals surface area (Å²) in [5, 5.41) is 17.1. The van der Waals surface area contributed by atoms with Gasteiger partial charge in [-0.2, -0.15) is 11.8 Å². The average molecular weight is 245 g/mol. The second-order valence-electron chi connectivity index (χ2n) is 3.22. The van der Waals surface area contributed by atoms with Crippen LogP contribution in [-0.4, -0.2) is 43.1 Å². The number of carbonyl (C=O) groups is 1. The van der Waals surface area contributed by atoms with E-state index in [1.54, 1.807) is 6.33 Å². The minimum atomic E-state index is -0.824. The van der Waals surface area contributed by atoms with Crippen LogP contribution in [0.5, 0.6) is 0 Å². The Morgan fingerprint density at radius 1 is 1.80 bits per heavy atom. The van der Waals surface area contributed by atoms with Gasteiger partial charge in [0.2, 0.25) is 0 Å². The molecule has 0 aromatic carbocycles. The Hall–Kier alpha value is -0.690. The van der Waals surface area contributed by atoms with Crippen LogP contribution in [0.2, 0.25) is 0 Å². The van der Waals surface area contributed by atoms with Gasteiger partial charge in [0.05, 0.1) is 5.75 Å². The smallest absolute Gasteiger partial charge is 0.313 e. The lowest BCUT2D eigenvalue weighted by Crippen LogP contribution is -2.09. The second-order valence-corrected chi connectivity index (χ2v) is 5.31. The quantitative estimate of drug-likeness (QED) is 0.802. The fraction of sp³-hybridized carbons (Fsp3) is 0.625. The van der Waals surface area contributed by atoms with Crippen molar-refractivity contribution in [3.8, 4) is 0 Å². The Morgan fingerprint density at radius 3 is 3.33 bits per heavy atom. The van der Waals surface area contributed by atoms with Gasteiger partial charge in [-0.1, -0.05) is 11.8 Å². The largest absolute Gasteiger partial charge is 0.481 e. The monoisotopic (exact) mass is 245 g/mol. The highest BCUT2D eigenvalue weighted by Gasteiger charge is 2.20. The molecule has 1 unspecified atom stereocenters. The molecule has 15 heavy (non-hydrogen) atoms. The number of aromatic nitrogens is 3. The number of hydrogen-bond acceptors (Lipinski definition) is 5. The Labute approximate surface area is 95.6 Å². The van der Waals surface area contributed by atoms with Gasteiger partial charge < -0.3 is 9.67 Å². The normalized spacial score (nSPS) is 20.7. The third-order valence-electron chi connectivity index (χ3n) is 2.16. The third kappa shape index (κ3) is 2.66. The molecule has 5 nitrogen and oxygen atoms in total. The number of nitrogens with zero attached hydrogens (tertiary/aromatic N) is 3. The van der Waals surface area contributed by atoms with Crippen LogP contribution in [0.4, 0.5) is 0 Å². The summed E-state index contributed by atoms with van der Waals surface area (Å²) in [5.74, 6) is 1.44. The predicted octanol–water partition coefficient (Wildman–Crippen LogP) is 1.13. The van der Waals surface area contributed by atoms with E-state index in [0.29, 0.717) is 11.2 Å². The highest BCUT2D eigenvalue weighted by Crippen LogP contribution is 2.30. The van der Waals surface area contributed by atoms with Crippen LogP contribution in [-0.2, 0) is 4.79 Å². The van der Waals surface area contributed by atoms with Gasteiger partial charge in [0, 0.05) is 11.8 Å². The van der Waals surface area contributed by atoms with Crippen molar-refractivity contribution in [2.24, 2.45) is 0 Å². The summed E-state index contributed by atoms with van der Waals surface area (Å²) in [7, 11) is 0. The molecule has 0 aliphatic carbocycles. The first-order valence-corrected chi connectivity index (χ1v) is 6.73. The average Bonchev–Trinajstić information content (AvgIpc) is 2.85. The maximum Gasteiger partial charge on any atom is 0.313 e. The minimum Gasteiger partial charge on any atom is -0.481 e. The maximum atomic E-state index is 10.4. The van der Waals surface area contributed by atoms with E-state index in [2.05, 4.69) is 10.2 Å². The molecule has 0 saturated carbocycles. The lowest BCUT2D eigenvalue weighted by molar-refractivity contribution is -0.133. The molecule has 0 bridgehead atoms. The highest BCUT2D eigenvalue weighted by atomic mass is 32.2. The van der Waals surface area contributed by atoms with Crippen LogP contribution in [0, 0.1) is 0 Å². The van der Waals surface area contributed by atoms with Crippen LogP contribution in [0.3, 0.4) is 0 Å². The Bertz CT molecular complexity index is 349. The number of carboxylic acid groups (broad SMARTS) is 1. The molecule has 0 spiro atoms. The maximum absolute atomic E-state index is 10.4. The number of hydrogen-bond donors (Lipinski definition) is 1. The molecule has 1 fully saturated rings. The molecule has 2 rings (SSSR count). The second kappa shape index (κ2) is 4.89. The zero-order valence-corrected chi connectivity index (χ0v) is 9.63. The first-order chi connectivity index (χ1) is 7.27. The van der Waals surface area contributed by atoms with Crippen LogP contribution in [0.1, 0.15) is 12.5 Å². The summed E-state index contributed by atoms with van der Waals surface area (Å²) in [6, 6.07) is 0.432. The Balaban J connectivity index is 2.04. The van der Waals surface area contributed by atoms with Crippen LogP contribution < -0.4 is 0 Å². The van der Waals surface area contributed by atoms with Crippen LogP contribution >= 0.6 is 23.5 Å². The fourth-order valence-corrected chi connectivity index (χ4v) is 3.36. The van der Waals surface area contributed by atoms with E-state index in [1.807, 2.05) is 16.3 Å². The first-order valence-electron chi connectivity index (χ1n) is 4.59. The van der Waals surface area contributed by atoms with Crippen molar-refractivity contribution >= 4 is 29.5 Å². The summed E-state index contributed by atoms with van der Waals surface area (Å²) in [4.78, 5) is 10.4. The first kappa shape index (κ1) is 10.8. The molecule has 2 heterocycles. The van der Waals surface area contributed by atoms with Crippen molar-refractivity contribution in [3.63, 3.8) is 0 Å². The highest BCUT2D eigenvalue weighted by molar-refractivity contribution is 8.00. The molecular formula is C8H11N3O2S2. The zero-order valence-electron chi connectivity index (χ0n) is 8.00. The topological polar surface area (TPSA) is 68.0 Å². The van der Waals surface area contributed by atoms with Crippen molar-refractivity contribution in [1.29, 1.82) is 0 Å². The fourth-order valence-electron chi connectivity index (χ4n) is 1.45. The lowest BCUT2D eigenvalue weighted by atomic mass is 10.3. The van der Waals surface area contributed by atoms with Gasteiger partial charge in [-0.25, -0.2) is 0 Å². The van der Waals surface area contributed by atoms with Crippen molar-refractivity contribution in [1.82, 2.24) is 14.8 Å². The summed E-state index contributed by atoms with van der Waals surface area (Å²) in [5.41, 5.74) is 0. The molecular weight excluding hydrogens is 234 g/mol. The molecule has 1 atom stereocenters. The minimum absolute atomic E-state index is 0.0402. The summed E-state index contributed by atoms with van der Waals surface area (Å²) < 4.78 is 1.99. The van der Waals surface area contributed by atoms with E-state index in [9.17, 15) is 4.79 Å². The summed E-state index contributed by atoms with van der Waals surface area (Å²) in [6.45, 7) is 0. The molecule has 1 aromatic rings. The van der Waals surface area contributed by atoms with E-state index in [0.717, 1.165) is 17.9 Å². The molecule has 82 valence electrons. The third-order valence-corrected chi connectivity index (χ3v) is 4.25. The Morgan fingerprint density at radius 2 is 2.67 bits per heavy atom. The van der Waals surface area contributed by atoms with Gasteiger partial charge in [0.1, 0.15) is 6.33 Å². The van der Waals surface area contributed by atoms with Crippen molar-refractivity contribution < 1.29 is 9.90 Å². The van der Waals surface area contributed by atoms with E-state index >= 15 is 0 Å². The molecule has 1 aliphatic heterocycles. The van der Waals surface area contributed by atoms with Crippen LogP contribution in [0.15, 0.2) is 11.5 Å². The summed E-state index contributed by atoms with van der Waals surface area (Å²) >= 11 is 3.14. The van der Waals surface area contributed by atoms with Gasteiger partial charge in [0.25, 0.3) is 0 Å². The molecule has 1 N–H and O–H groups in total. The van der Waals surface area contributed by atoms with Crippen molar-refractivity contribution in [2.45, 2.75) is 17.6 Å². The number of rotatable bonds is 4. The van der Waals surface area contributed by atoms with Crippen molar-refractivity contribution in [3.05, 3.63) is 6.33 Å². The van der Waals surface area contributed by atoms with Gasteiger partial charge in [-0.3, -0.25) is 4.79 Å². The standard InChI is InChI=1S/C8H11N3O2S2/c12-7(13)4-15-8-10-9-5-11(8)6-1-2-14-3-6/h5-6H,1-4H2,(H,12,13). The van der Waals surface area contributed by atoms with Gasteiger partial charge in [0.15, 0.2) is 5.16 Å². The van der Waals surface area contributed by atoms with E-state index < -0.39 is 5.97 Å². The van der Waals surface area contributed by atoms with Gasteiger partial charge in [-0.15, -0.1) is 10.2 Å². The molecule has 7 heteroatoms.